The number of benzene rings is 1. The third-order valence-electron chi connectivity index (χ3n) is 3.84. The largest absolute Gasteiger partial charge is 0.306 e. The zero-order chi connectivity index (χ0) is 17.2. The van der Waals surface area contributed by atoms with Gasteiger partial charge in [-0.2, -0.15) is 0 Å². The van der Waals surface area contributed by atoms with Gasteiger partial charge in [-0.25, -0.2) is 13.4 Å². The molecular weight excluding hydrogens is 322 g/mol. The number of nitrogens with zero attached hydrogens (tertiary/aromatic N) is 2. The molecular formula is C18H21N3O2S. The molecule has 5 nitrogen and oxygen atoms in total. The Morgan fingerprint density at radius 1 is 1.17 bits per heavy atom. The molecule has 2 aromatic heterocycles. The van der Waals surface area contributed by atoms with E-state index in [2.05, 4.69) is 9.71 Å². The number of fused-ring (bicyclic) bond motifs is 1. The van der Waals surface area contributed by atoms with Crippen LogP contribution in [0, 0.1) is 6.92 Å². The molecule has 24 heavy (non-hydrogen) atoms. The van der Waals surface area contributed by atoms with Crippen molar-refractivity contribution >= 4 is 21.4 Å². The van der Waals surface area contributed by atoms with E-state index in [1.54, 1.807) is 12.1 Å². The van der Waals surface area contributed by atoms with Crippen molar-refractivity contribution in [2.24, 2.45) is 0 Å². The Kier molecular flexibility index (Phi) is 4.57. The monoisotopic (exact) mass is 343 g/mol. The average molecular weight is 343 g/mol. The van der Waals surface area contributed by atoms with Gasteiger partial charge in [0, 0.05) is 23.6 Å². The molecule has 0 aliphatic heterocycles. The molecule has 0 radical (unpaired) electrons. The molecule has 0 atom stereocenters. The molecule has 0 saturated carbocycles. The lowest BCUT2D eigenvalue weighted by Crippen LogP contribution is -2.16. The van der Waals surface area contributed by atoms with Crippen molar-refractivity contribution in [3.63, 3.8) is 0 Å². The summed E-state index contributed by atoms with van der Waals surface area (Å²) in [5.41, 5.74) is 4.45. The summed E-state index contributed by atoms with van der Waals surface area (Å²) in [6.45, 7) is 4.01. The zero-order valence-corrected chi connectivity index (χ0v) is 14.7. The molecule has 126 valence electrons. The fourth-order valence-electron chi connectivity index (χ4n) is 2.50. The second-order valence-corrected chi connectivity index (χ2v) is 7.79. The van der Waals surface area contributed by atoms with Gasteiger partial charge >= 0.3 is 0 Å². The minimum absolute atomic E-state index is 0.150. The number of imidazole rings is 1. The zero-order valence-electron chi connectivity index (χ0n) is 13.9. The summed E-state index contributed by atoms with van der Waals surface area (Å²) in [5, 5.41) is 0. The van der Waals surface area contributed by atoms with E-state index in [4.69, 9.17) is 0 Å². The summed E-state index contributed by atoms with van der Waals surface area (Å²) >= 11 is 0. The summed E-state index contributed by atoms with van der Waals surface area (Å²) in [5.74, 6) is 0.150. The first-order valence-corrected chi connectivity index (χ1v) is 9.68. The van der Waals surface area contributed by atoms with Gasteiger partial charge in [0.1, 0.15) is 5.65 Å². The predicted molar refractivity (Wildman–Crippen MR) is 97.7 cm³/mol. The Balaban J connectivity index is 1.80. The van der Waals surface area contributed by atoms with E-state index in [-0.39, 0.29) is 5.75 Å². The average Bonchev–Trinajstić information content (AvgIpc) is 2.96. The number of hydrogen-bond donors (Lipinski definition) is 1. The fourth-order valence-corrected chi connectivity index (χ4v) is 3.76. The Morgan fingerprint density at radius 3 is 2.62 bits per heavy atom. The summed E-state index contributed by atoms with van der Waals surface area (Å²) in [6, 6.07) is 11.4. The number of nitrogens with one attached hydrogen (secondary N) is 1. The Hall–Kier alpha value is -2.34. The number of aryl methyl sites for hydroxylation is 1. The standard InChI is InChI=1S/C18H21N3O2S/c1-3-4-11-24(22,23)20-16-7-5-15(6-8-16)17-13-21-10-9-14(2)12-18(21)19-17/h5-10,12-13,20H,3-4,11H2,1-2H3. The minimum Gasteiger partial charge on any atom is -0.306 e. The van der Waals surface area contributed by atoms with Gasteiger partial charge in [-0.15, -0.1) is 0 Å². The van der Waals surface area contributed by atoms with E-state index >= 15 is 0 Å². The maximum Gasteiger partial charge on any atom is 0.232 e. The van der Waals surface area contributed by atoms with Gasteiger partial charge in [0.05, 0.1) is 11.4 Å². The molecule has 0 fully saturated rings. The van der Waals surface area contributed by atoms with Crippen molar-refractivity contribution in [1.29, 1.82) is 0 Å². The summed E-state index contributed by atoms with van der Waals surface area (Å²) < 4.78 is 28.5. The van der Waals surface area contributed by atoms with Crippen LogP contribution in [0.1, 0.15) is 25.3 Å². The van der Waals surface area contributed by atoms with Crippen LogP contribution in [0.25, 0.3) is 16.9 Å². The maximum atomic E-state index is 11.9. The van der Waals surface area contributed by atoms with Gasteiger partial charge < -0.3 is 4.40 Å². The fraction of sp³-hybridized carbons (Fsp3) is 0.278. The van der Waals surface area contributed by atoms with E-state index in [1.165, 1.54) is 0 Å². The molecule has 0 saturated heterocycles. The minimum atomic E-state index is -3.27. The van der Waals surface area contributed by atoms with Crippen LogP contribution in [0.15, 0.2) is 48.8 Å². The number of anilines is 1. The number of unbranched alkanes of at least 4 members (excludes halogenated alkanes) is 1. The van der Waals surface area contributed by atoms with E-state index in [1.807, 2.05) is 54.9 Å². The van der Waals surface area contributed by atoms with Crippen LogP contribution in [0.4, 0.5) is 5.69 Å². The Morgan fingerprint density at radius 2 is 1.92 bits per heavy atom. The van der Waals surface area contributed by atoms with Gasteiger partial charge in [-0.1, -0.05) is 25.5 Å². The van der Waals surface area contributed by atoms with Crippen molar-refractivity contribution < 1.29 is 8.42 Å². The van der Waals surface area contributed by atoms with E-state index < -0.39 is 10.0 Å². The first kappa shape index (κ1) is 16.5. The highest BCUT2D eigenvalue weighted by atomic mass is 32.2. The van der Waals surface area contributed by atoms with E-state index in [0.717, 1.165) is 28.9 Å². The molecule has 0 amide bonds. The van der Waals surface area contributed by atoms with Crippen molar-refractivity contribution in [2.45, 2.75) is 26.7 Å². The lowest BCUT2D eigenvalue weighted by molar-refractivity contribution is 0.598. The normalized spacial score (nSPS) is 11.8. The molecule has 0 aliphatic rings. The van der Waals surface area contributed by atoms with Crippen LogP contribution in [0.2, 0.25) is 0 Å². The number of pyridine rings is 1. The molecule has 0 aliphatic carbocycles. The van der Waals surface area contributed by atoms with Crippen molar-refractivity contribution in [1.82, 2.24) is 9.38 Å². The molecule has 0 spiro atoms. The highest BCUT2D eigenvalue weighted by molar-refractivity contribution is 7.92. The van der Waals surface area contributed by atoms with Gasteiger partial charge in [0.25, 0.3) is 0 Å². The first-order valence-electron chi connectivity index (χ1n) is 8.03. The summed E-state index contributed by atoms with van der Waals surface area (Å²) in [6.07, 6.45) is 5.47. The van der Waals surface area contributed by atoms with Gasteiger partial charge in [0.15, 0.2) is 0 Å². The second-order valence-electron chi connectivity index (χ2n) is 5.95. The molecule has 0 unspecified atom stereocenters. The molecule has 3 rings (SSSR count). The second kappa shape index (κ2) is 6.65. The van der Waals surface area contributed by atoms with Crippen LogP contribution >= 0.6 is 0 Å². The maximum absolute atomic E-state index is 11.9. The van der Waals surface area contributed by atoms with Gasteiger partial charge in [-0.3, -0.25) is 4.72 Å². The van der Waals surface area contributed by atoms with Crippen LogP contribution in [0.3, 0.4) is 0 Å². The van der Waals surface area contributed by atoms with Gasteiger partial charge in [-0.05, 0) is 43.2 Å². The van der Waals surface area contributed by atoms with Crippen LogP contribution < -0.4 is 4.72 Å². The van der Waals surface area contributed by atoms with Crippen molar-refractivity contribution in [2.75, 3.05) is 10.5 Å². The molecule has 6 heteroatoms. The van der Waals surface area contributed by atoms with Crippen LogP contribution in [-0.2, 0) is 10.0 Å². The molecule has 0 bridgehead atoms. The van der Waals surface area contributed by atoms with Crippen molar-refractivity contribution in [3.8, 4) is 11.3 Å². The summed E-state index contributed by atoms with van der Waals surface area (Å²) in [7, 11) is -3.27. The van der Waals surface area contributed by atoms with Crippen LogP contribution in [-0.4, -0.2) is 23.6 Å². The lowest BCUT2D eigenvalue weighted by Gasteiger charge is -2.07. The van der Waals surface area contributed by atoms with Crippen molar-refractivity contribution in [3.05, 3.63) is 54.4 Å². The number of rotatable bonds is 6. The number of hydrogen-bond acceptors (Lipinski definition) is 3. The Bertz CT molecular complexity index is 944. The molecule has 1 N–H and O–H groups in total. The van der Waals surface area contributed by atoms with Crippen LogP contribution in [0.5, 0.6) is 0 Å². The highest BCUT2D eigenvalue weighted by Gasteiger charge is 2.10. The van der Waals surface area contributed by atoms with E-state index in [9.17, 15) is 8.42 Å². The highest BCUT2D eigenvalue weighted by Crippen LogP contribution is 2.22. The quantitative estimate of drug-likeness (QED) is 0.739. The molecule has 3 aromatic rings. The lowest BCUT2D eigenvalue weighted by atomic mass is 10.1. The SMILES string of the molecule is CCCCS(=O)(=O)Nc1ccc(-c2cn3ccc(C)cc3n2)cc1. The first-order chi connectivity index (χ1) is 11.5. The molecule has 2 heterocycles. The third-order valence-corrected chi connectivity index (χ3v) is 5.21. The summed E-state index contributed by atoms with van der Waals surface area (Å²) in [4.78, 5) is 4.61. The topological polar surface area (TPSA) is 63.5 Å². The Labute approximate surface area is 142 Å². The smallest absolute Gasteiger partial charge is 0.232 e. The van der Waals surface area contributed by atoms with E-state index in [0.29, 0.717) is 12.1 Å². The predicted octanol–water partition coefficient (Wildman–Crippen LogP) is 3.85. The molecule has 1 aromatic carbocycles. The number of aromatic nitrogens is 2. The van der Waals surface area contributed by atoms with Gasteiger partial charge in [0.2, 0.25) is 10.0 Å². The third kappa shape index (κ3) is 3.76. The number of sulfonamides is 1.